The molecule has 0 unspecified atom stereocenters. The Morgan fingerprint density at radius 3 is 1.95 bits per heavy atom. The molecule has 0 saturated carbocycles. The molecule has 0 bridgehead atoms. The minimum atomic E-state index is -0.166. The van der Waals surface area contributed by atoms with Gasteiger partial charge in [0.25, 0.3) is 0 Å². The molecule has 0 aliphatic carbocycles. The van der Waals surface area contributed by atoms with E-state index >= 15 is 0 Å². The maximum atomic E-state index is 5.89. The lowest BCUT2D eigenvalue weighted by Crippen LogP contribution is -2.20. The van der Waals surface area contributed by atoms with Crippen LogP contribution >= 0.6 is 0 Å². The van der Waals surface area contributed by atoms with Crippen LogP contribution in [0.3, 0.4) is 0 Å². The Morgan fingerprint density at radius 2 is 1.47 bits per heavy atom. The highest BCUT2D eigenvalue weighted by molar-refractivity contribution is 5.42. The third-order valence-corrected chi connectivity index (χ3v) is 2.91. The molecule has 0 saturated heterocycles. The molecule has 0 N–H and O–H groups in total. The Bertz CT molecular complexity index is 359. The first-order valence-electron chi connectivity index (χ1n) is 7.02. The topological polar surface area (TPSA) is 27.7 Å². The Morgan fingerprint density at radius 1 is 0.947 bits per heavy atom. The van der Waals surface area contributed by atoms with Crippen LogP contribution in [0.1, 0.15) is 37.0 Å². The summed E-state index contributed by atoms with van der Waals surface area (Å²) in [7, 11) is 0. The minimum absolute atomic E-state index is 0.166. The smallest absolute Gasteiger partial charge is 0.160 e. The van der Waals surface area contributed by atoms with E-state index in [0.717, 1.165) is 12.2 Å². The van der Waals surface area contributed by atoms with E-state index < -0.39 is 0 Å². The number of rotatable bonds is 8. The van der Waals surface area contributed by atoms with Gasteiger partial charge in [-0.05, 0) is 45.7 Å². The molecule has 108 valence electrons. The molecule has 0 spiro atoms. The van der Waals surface area contributed by atoms with E-state index in [1.807, 2.05) is 13.8 Å². The summed E-state index contributed by atoms with van der Waals surface area (Å²) in [6.07, 6.45) is 0.579. The van der Waals surface area contributed by atoms with Gasteiger partial charge < -0.3 is 14.2 Å². The number of aryl methyl sites for hydroxylation is 3. The average Bonchev–Trinajstić information content (AvgIpc) is 2.32. The zero-order chi connectivity index (χ0) is 14.3. The predicted molar refractivity (Wildman–Crippen MR) is 77.8 cm³/mol. The summed E-state index contributed by atoms with van der Waals surface area (Å²) in [6, 6.07) is 4.29. The van der Waals surface area contributed by atoms with Crippen molar-refractivity contribution in [2.24, 2.45) is 0 Å². The van der Waals surface area contributed by atoms with E-state index in [0.29, 0.717) is 19.8 Å². The molecule has 0 amide bonds. The molecule has 1 aromatic rings. The van der Waals surface area contributed by atoms with Gasteiger partial charge in [-0.25, -0.2) is 0 Å². The zero-order valence-corrected chi connectivity index (χ0v) is 12.8. The van der Waals surface area contributed by atoms with Crippen molar-refractivity contribution in [1.29, 1.82) is 0 Å². The first kappa shape index (κ1) is 16.0. The quantitative estimate of drug-likeness (QED) is 0.670. The van der Waals surface area contributed by atoms with Crippen molar-refractivity contribution in [3.05, 3.63) is 28.8 Å². The molecule has 0 radical (unpaired) electrons. The fourth-order valence-electron chi connectivity index (χ4n) is 2.24. The summed E-state index contributed by atoms with van der Waals surface area (Å²) in [5.74, 6) is 0.984. The van der Waals surface area contributed by atoms with Gasteiger partial charge in [-0.3, -0.25) is 0 Å². The van der Waals surface area contributed by atoms with E-state index in [4.69, 9.17) is 14.2 Å². The van der Waals surface area contributed by atoms with Gasteiger partial charge in [-0.2, -0.15) is 0 Å². The minimum Gasteiger partial charge on any atom is -0.493 e. The lowest BCUT2D eigenvalue weighted by Gasteiger charge is -2.18. The maximum absolute atomic E-state index is 5.89. The van der Waals surface area contributed by atoms with E-state index in [-0.39, 0.29) is 6.29 Å². The van der Waals surface area contributed by atoms with Crippen LogP contribution in [0.25, 0.3) is 0 Å². The molecule has 3 nitrogen and oxygen atoms in total. The van der Waals surface area contributed by atoms with Crippen molar-refractivity contribution >= 4 is 0 Å². The van der Waals surface area contributed by atoms with Gasteiger partial charge in [0.05, 0.1) is 6.61 Å². The second-order valence-corrected chi connectivity index (χ2v) is 4.71. The van der Waals surface area contributed by atoms with Crippen LogP contribution in [0.4, 0.5) is 0 Å². The van der Waals surface area contributed by atoms with Crippen LogP contribution in [-0.2, 0) is 9.47 Å². The lowest BCUT2D eigenvalue weighted by atomic mass is 10.1. The number of benzene rings is 1. The van der Waals surface area contributed by atoms with Gasteiger partial charge >= 0.3 is 0 Å². The SMILES string of the molecule is CCOC(CCOc1c(C)cc(C)cc1C)OCC. The van der Waals surface area contributed by atoms with Crippen LogP contribution in [0.2, 0.25) is 0 Å². The highest BCUT2D eigenvalue weighted by Gasteiger charge is 2.10. The van der Waals surface area contributed by atoms with Crippen molar-refractivity contribution in [3.8, 4) is 5.75 Å². The summed E-state index contributed by atoms with van der Waals surface area (Å²) in [4.78, 5) is 0. The monoisotopic (exact) mass is 266 g/mol. The summed E-state index contributed by atoms with van der Waals surface area (Å²) < 4.78 is 16.9. The highest BCUT2D eigenvalue weighted by Crippen LogP contribution is 2.24. The standard InChI is InChI=1S/C16H26O3/c1-6-17-15(18-7-2)8-9-19-16-13(4)10-12(3)11-14(16)5/h10-11,15H,6-9H2,1-5H3. The Labute approximate surface area is 116 Å². The summed E-state index contributed by atoms with van der Waals surface area (Å²) in [5, 5.41) is 0. The molecule has 0 aliphatic rings. The fraction of sp³-hybridized carbons (Fsp3) is 0.625. The molecule has 0 aromatic heterocycles. The molecule has 0 atom stereocenters. The summed E-state index contributed by atoms with van der Waals surface area (Å²) >= 11 is 0. The number of hydrogen-bond acceptors (Lipinski definition) is 3. The van der Waals surface area contributed by atoms with E-state index in [1.54, 1.807) is 0 Å². The normalized spacial score (nSPS) is 11.1. The average molecular weight is 266 g/mol. The zero-order valence-electron chi connectivity index (χ0n) is 12.8. The third kappa shape index (κ3) is 5.21. The van der Waals surface area contributed by atoms with Gasteiger partial charge in [0.1, 0.15) is 5.75 Å². The van der Waals surface area contributed by atoms with E-state index in [9.17, 15) is 0 Å². The van der Waals surface area contributed by atoms with Crippen molar-refractivity contribution in [2.45, 2.75) is 47.3 Å². The van der Waals surface area contributed by atoms with E-state index in [1.165, 1.54) is 16.7 Å². The Hall–Kier alpha value is -1.06. The molecular formula is C16H26O3. The van der Waals surface area contributed by atoms with Crippen LogP contribution in [0.15, 0.2) is 12.1 Å². The fourth-order valence-corrected chi connectivity index (χ4v) is 2.24. The Kier molecular flexibility index (Phi) is 6.89. The second kappa shape index (κ2) is 8.18. The molecule has 0 aliphatic heterocycles. The molecule has 0 fully saturated rings. The second-order valence-electron chi connectivity index (χ2n) is 4.71. The molecule has 0 heterocycles. The number of hydrogen-bond donors (Lipinski definition) is 0. The first-order valence-corrected chi connectivity index (χ1v) is 7.02. The maximum Gasteiger partial charge on any atom is 0.160 e. The Balaban J connectivity index is 2.52. The van der Waals surface area contributed by atoms with Gasteiger partial charge in [-0.15, -0.1) is 0 Å². The van der Waals surface area contributed by atoms with Crippen molar-refractivity contribution in [2.75, 3.05) is 19.8 Å². The van der Waals surface area contributed by atoms with Crippen molar-refractivity contribution in [3.63, 3.8) is 0 Å². The van der Waals surface area contributed by atoms with Gasteiger partial charge in [0.15, 0.2) is 6.29 Å². The summed E-state index contributed by atoms with van der Waals surface area (Å²) in [6.45, 7) is 12.1. The molecule has 1 aromatic carbocycles. The number of ether oxygens (including phenoxy) is 3. The van der Waals surface area contributed by atoms with Crippen molar-refractivity contribution in [1.82, 2.24) is 0 Å². The van der Waals surface area contributed by atoms with Crippen LogP contribution in [-0.4, -0.2) is 26.1 Å². The van der Waals surface area contributed by atoms with Crippen LogP contribution in [0, 0.1) is 20.8 Å². The molecular weight excluding hydrogens is 240 g/mol. The molecule has 1 rings (SSSR count). The van der Waals surface area contributed by atoms with Crippen molar-refractivity contribution < 1.29 is 14.2 Å². The molecule has 19 heavy (non-hydrogen) atoms. The first-order chi connectivity index (χ1) is 9.08. The highest BCUT2D eigenvalue weighted by atomic mass is 16.7. The van der Waals surface area contributed by atoms with Gasteiger partial charge in [0.2, 0.25) is 0 Å². The molecule has 3 heteroatoms. The third-order valence-electron chi connectivity index (χ3n) is 2.91. The largest absolute Gasteiger partial charge is 0.493 e. The van der Waals surface area contributed by atoms with Crippen LogP contribution in [0.5, 0.6) is 5.75 Å². The van der Waals surface area contributed by atoms with Gasteiger partial charge in [-0.1, -0.05) is 17.7 Å². The lowest BCUT2D eigenvalue weighted by molar-refractivity contribution is -0.142. The predicted octanol–water partition coefficient (Wildman–Crippen LogP) is 3.78. The van der Waals surface area contributed by atoms with Gasteiger partial charge in [0, 0.05) is 19.6 Å². The van der Waals surface area contributed by atoms with Crippen LogP contribution < -0.4 is 4.74 Å². The van der Waals surface area contributed by atoms with E-state index in [2.05, 4.69) is 32.9 Å². The summed E-state index contributed by atoms with van der Waals surface area (Å²) in [5.41, 5.74) is 3.63.